The third-order valence-corrected chi connectivity index (χ3v) is 4.02. The smallest absolute Gasteiger partial charge is 0.408 e. The number of hydrogen-bond acceptors (Lipinski definition) is 5. The number of amides is 4. The third-order valence-electron chi connectivity index (χ3n) is 4.02. The van der Waals surface area contributed by atoms with Gasteiger partial charge in [-0.2, -0.15) is 0 Å². The summed E-state index contributed by atoms with van der Waals surface area (Å²) in [7, 11) is 0. The van der Waals surface area contributed by atoms with Crippen LogP contribution < -0.4 is 21.7 Å². The number of carboxylic acids is 1. The van der Waals surface area contributed by atoms with E-state index in [0.717, 1.165) is 5.56 Å². The molecule has 6 N–H and O–H groups in total. The Morgan fingerprint density at radius 1 is 1.10 bits per heavy atom. The minimum absolute atomic E-state index is 0.0454. The molecule has 4 amide bonds. The Kier molecular flexibility index (Phi) is 10.00. The third kappa shape index (κ3) is 9.45. The van der Waals surface area contributed by atoms with Gasteiger partial charge in [-0.15, -0.1) is 0 Å². The topological polar surface area (TPSA) is 160 Å². The molecule has 2 atom stereocenters. The quantitative estimate of drug-likeness (QED) is 0.343. The summed E-state index contributed by atoms with van der Waals surface area (Å²) in [5.74, 6) is -2.15. The number of hydrogen-bond donors (Lipinski definition) is 5. The molecule has 2 unspecified atom stereocenters. The first-order valence-electron chi connectivity index (χ1n) is 9.24. The van der Waals surface area contributed by atoms with Crippen molar-refractivity contribution in [3.8, 4) is 0 Å². The van der Waals surface area contributed by atoms with E-state index in [1.54, 1.807) is 26.0 Å². The maximum atomic E-state index is 12.5. The molecular weight excluding hydrogens is 380 g/mol. The summed E-state index contributed by atoms with van der Waals surface area (Å²) in [6, 6.07) is 6.21. The maximum Gasteiger partial charge on any atom is 0.408 e. The van der Waals surface area contributed by atoms with Gasteiger partial charge in [-0.3, -0.25) is 4.79 Å². The summed E-state index contributed by atoms with van der Waals surface area (Å²) in [6.07, 6.45) is -0.385. The molecule has 0 saturated carbocycles. The average molecular weight is 408 g/mol. The van der Waals surface area contributed by atoms with E-state index in [9.17, 15) is 24.3 Å². The zero-order valence-electron chi connectivity index (χ0n) is 16.5. The van der Waals surface area contributed by atoms with Crippen molar-refractivity contribution in [2.24, 2.45) is 11.7 Å². The largest absolute Gasteiger partial charge is 0.480 e. The molecule has 0 radical (unpaired) electrons. The Hall–Kier alpha value is -3.30. The standard InChI is InChI=1S/C19H28N4O6/c1-12(2)15(23-19(28)29-11-13-7-4-3-5-8-13)16(24)22-14(17(25)26)9-6-10-21-18(20)27/h3-5,7-8,12,14-15H,6,9-11H2,1-2H3,(H,22,24)(H,23,28)(H,25,26)(H3,20,21,27). The number of carboxylic acid groups (broad SMARTS) is 1. The molecule has 0 aliphatic carbocycles. The second-order valence-corrected chi connectivity index (χ2v) is 6.76. The van der Waals surface area contributed by atoms with Crippen LogP contribution in [0, 0.1) is 5.92 Å². The van der Waals surface area contributed by atoms with E-state index in [4.69, 9.17) is 10.5 Å². The van der Waals surface area contributed by atoms with E-state index in [1.165, 1.54) is 0 Å². The lowest BCUT2D eigenvalue weighted by molar-refractivity contribution is -0.142. The van der Waals surface area contributed by atoms with Gasteiger partial charge in [0, 0.05) is 6.54 Å². The number of ether oxygens (including phenoxy) is 1. The van der Waals surface area contributed by atoms with E-state index in [-0.39, 0.29) is 25.5 Å². The van der Waals surface area contributed by atoms with Crippen molar-refractivity contribution in [1.29, 1.82) is 0 Å². The highest BCUT2D eigenvalue weighted by molar-refractivity contribution is 5.89. The molecule has 1 aromatic rings. The number of nitrogens with one attached hydrogen (secondary N) is 3. The number of carbonyl (C=O) groups excluding carboxylic acids is 3. The molecule has 0 aliphatic rings. The fraction of sp³-hybridized carbons (Fsp3) is 0.474. The number of rotatable bonds is 11. The predicted octanol–water partition coefficient (Wildman–Crippen LogP) is 0.955. The highest BCUT2D eigenvalue weighted by Crippen LogP contribution is 2.06. The fourth-order valence-electron chi connectivity index (χ4n) is 2.46. The van der Waals surface area contributed by atoms with Crippen molar-refractivity contribution in [2.45, 2.75) is 45.4 Å². The van der Waals surface area contributed by atoms with Crippen molar-refractivity contribution in [2.75, 3.05) is 6.54 Å². The van der Waals surface area contributed by atoms with Crippen LogP contribution in [0.5, 0.6) is 0 Å². The van der Waals surface area contributed by atoms with E-state index in [1.807, 2.05) is 18.2 Å². The lowest BCUT2D eigenvalue weighted by atomic mass is 10.0. The SMILES string of the molecule is CC(C)C(NC(=O)OCc1ccccc1)C(=O)NC(CCCNC(N)=O)C(=O)O. The lowest BCUT2D eigenvalue weighted by Gasteiger charge is -2.23. The van der Waals surface area contributed by atoms with Gasteiger partial charge in [-0.1, -0.05) is 44.2 Å². The molecule has 0 aromatic heterocycles. The molecule has 0 fully saturated rings. The number of nitrogens with two attached hydrogens (primary N) is 1. The monoisotopic (exact) mass is 408 g/mol. The first kappa shape index (κ1) is 23.7. The van der Waals surface area contributed by atoms with Crippen molar-refractivity contribution < 1.29 is 29.0 Å². The second-order valence-electron chi connectivity index (χ2n) is 6.76. The zero-order valence-corrected chi connectivity index (χ0v) is 16.5. The molecule has 10 heteroatoms. The van der Waals surface area contributed by atoms with Gasteiger partial charge in [0.2, 0.25) is 5.91 Å². The van der Waals surface area contributed by atoms with E-state index in [2.05, 4.69) is 16.0 Å². The van der Waals surface area contributed by atoms with Gasteiger partial charge >= 0.3 is 18.1 Å². The molecule has 0 bridgehead atoms. The zero-order chi connectivity index (χ0) is 21.8. The van der Waals surface area contributed by atoms with Gasteiger partial charge < -0.3 is 31.5 Å². The average Bonchev–Trinajstić information content (AvgIpc) is 2.66. The van der Waals surface area contributed by atoms with Gasteiger partial charge in [0.1, 0.15) is 18.7 Å². The van der Waals surface area contributed by atoms with E-state index >= 15 is 0 Å². The summed E-state index contributed by atoms with van der Waals surface area (Å²) >= 11 is 0. The van der Waals surface area contributed by atoms with Crippen LogP contribution in [0.25, 0.3) is 0 Å². The van der Waals surface area contributed by atoms with Crippen LogP contribution in [0.15, 0.2) is 30.3 Å². The molecule has 160 valence electrons. The summed E-state index contributed by atoms with van der Waals surface area (Å²) in [5, 5.41) is 16.5. The Balaban J connectivity index is 2.58. The number of carbonyl (C=O) groups is 4. The van der Waals surface area contributed by atoms with E-state index < -0.39 is 36.1 Å². The highest BCUT2D eigenvalue weighted by Gasteiger charge is 2.28. The van der Waals surface area contributed by atoms with Crippen LogP contribution in [0.4, 0.5) is 9.59 Å². The Labute approximate surface area is 169 Å². The van der Waals surface area contributed by atoms with Gasteiger partial charge in [0.25, 0.3) is 0 Å². The molecular formula is C19H28N4O6. The molecule has 0 spiro atoms. The molecule has 0 aliphatic heterocycles. The van der Waals surface area contributed by atoms with Crippen LogP contribution in [-0.2, 0) is 20.9 Å². The molecule has 1 aromatic carbocycles. The van der Waals surface area contributed by atoms with Crippen LogP contribution >= 0.6 is 0 Å². The van der Waals surface area contributed by atoms with Crippen LogP contribution in [0.1, 0.15) is 32.3 Å². The number of benzene rings is 1. The Bertz CT molecular complexity index is 695. The number of urea groups is 1. The van der Waals surface area contributed by atoms with Crippen molar-refractivity contribution >= 4 is 24.0 Å². The lowest BCUT2D eigenvalue weighted by Crippen LogP contribution is -2.53. The normalized spacial score (nSPS) is 12.5. The van der Waals surface area contributed by atoms with Gasteiger partial charge in [-0.05, 0) is 24.3 Å². The summed E-state index contributed by atoms with van der Waals surface area (Å²) < 4.78 is 5.11. The van der Waals surface area contributed by atoms with Crippen molar-refractivity contribution in [3.63, 3.8) is 0 Å². The molecule has 1 rings (SSSR count). The van der Waals surface area contributed by atoms with Crippen LogP contribution in [-0.4, -0.2) is 47.7 Å². The van der Waals surface area contributed by atoms with Crippen LogP contribution in [0.2, 0.25) is 0 Å². The molecule has 0 saturated heterocycles. The van der Waals surface area contributed by atoms with Crippen molar-refractivity contribution in [1.82, 2.24) is 16.0 Å². The molecule has 29 heavy (non-hydrogen) atoms. The first-order chi connectivity index (χ1) is 13.7. The predicted molar refractivity (Wildman–Crippen MR) is 105 cm³/mol. The number of primary amides is 1. The summed E-state index contributed by atoms with van der Waals surface area (Å²) in [4.78, 5) is 46.6. The van der Waals surface area contributed by atoms with Crippen molar-refractivity contribution in [3.05, 3.63) is 35.9 Å². The van der Waals surface area contributed by atoms with E-state index in [0.29, 0.717) is 6.42 Å². The summed E-state index contributed by atoms with van der Waals surface area (Å²) in [6.45, 7) is 3.67. The minimum atomic E-state index is -1.22. The Morgan fingerprint density at radius 3 is 2.31 bits per heavy atom. The van der Waals surface area contributed by atoms with Crippen LogP contribution in [0.3, 0.4) is 0 Å². The van der Waals surface area contributed by atoms with Gasteiger partial charge in [-0.25, -0.2) is 14.4 Å². The Morgan fingerprint density at radius 2 is 1.76 bits per heavy atom. The second kappa shape index (κ2) is 12.2. The first-order valence-corrected chi connectivity index (χ1v) is 9.24. The fourth-order valence-corrected chi connectivity index (χ4v) is 2.46. The highest BCUT2D eigenvalue weighted by atomic mass is 16.5. The van der Waals surface area contributed by atoms with Gasteiger partial charge in [0.05, 0.1) is 0 Å². The molecule has 0 heterocycles. The maximum absolute atomic E-state index is 12.5. The summed E-state index contributed by atoms with van der Waals surface area (Å²) in [5.41, 5.74) is 5.74. The minimum Gasteiger partial charge on any atom is -0.480 e. The number of alkyl carbamates (subject to hydrolysis) is 1. The number of aliphatic carboxylic acids is 1. The molecule has 10 nitrogen and oxygen atoms in total. The van der Waals surface area contributed by atoms with Gasteiger partial charge in [0.15, 0.2) is 0 Å².